The highest BCUT2D eigenvalue weighted by Gasteiger charge is 2.37. The van der Waals surface area contributed by atoms with E-state index in [-0.39, 0.29) is 6.10 Å². The fourth-order valence-corrected chi connectivity index (χ4v) is 4.16. The van der Waals surface area contributed by atoms with Crippen molar-refractivity contribution in [1.82, 2.24) is 4.90 Å². The third kappa shape index (κ3) is 3.32. The molecule has 1 unspecified atom stereocenters. The van der Waals surface area contributed by atoms with Crippen LogP contribution in [-0.2, 0) is 0 Å². The third-order valence-corrected chi connectivity index (χ3v) is 5.93. The molecule has 1 aromatic rings. The van der Waals surface area contributed by atoms with Crippen LogP contribution in [0.1, 0.15) is 61.3 Å². The van der Waals surface area contributed by atoms with Crippen molar-refractivity contribution < 1.29 is 5.11 Å². The second-order valence-corrected chi connectivity index (χ2v) is 7.37. The van der Waals surface area contributed by atoms with Crippen LogP contribution in [0.2, 0.25) is 0 Å². The van der Waals surface area contributed by atoms with E-state index in [0.29, 0.717) is 5.41 Å². The van der Waals surface area contributed by atoms with Gasteiger partial charge in [0.2, 0.25) is 0 Å². The molecule has 0 radical (unpaired) electrons. The van der Waals surface area contributed by atoms with Gasteiger partial charge in [-0.3, -0.25) is 0 Å². The van der Waals surface area contributed by atoms with Crippen molar-refractivity contribution in [2.75, 3.05) is 19.6 Å². The fraction of sp³-hybridized carbons (Fsp3) is 0.684. The maximum atomic E-state index is 10.5. The second kappa shape index (κ2) is 6.10. The SMILES string of the molecule is Cc1ccc(C(O)CN2CCC3(CCCC3)CC2)cc1C. The van der Waals surface area contributed by atoms with E-state index in [4.69, 9.17) is 0 Å². The van der Waals surface area contributed by atoms with Crippen LogP contribution in [0.5, 0.6) is 0 Å². The van der Waals surface area contributed by atoms with Gasteiger partial charge in [0.1, 0.15) is 0 Å². The Morgan fingerprint density at radius 1 is 1.05 bits per heavy atom. The number of hydrogen-bond donors (Lipinski definition) is 1. The zero-order chi connectivity index (χ0) is 14.9. The topological polar surface area (TPSA) is 23.5 Å². The lowest BCUT2D eigenvalue weighted by atomic mass is 9.77. The van der Waals surface area contributed by atoms with E-state index >= 15 is 0 Å². The molecule has 2 nitrogen and oxygen atoms in total. The lowest BCUT2D eigenvalue weighted by molar-refractivity contribution is 0.0596. The molecule has 116 valence electrons. The Balaban J connectivity index is 1.56. The molecule has 3 rings (SSSR count). The van der Waals surface area contributed by atoms with Gasteiger partial charge >= 0.3 is 0 Å². The summed E-state index contributed by atoms with van der Waals surface area (Å²) >= 11 is 0. The Bertz CT molecular complexity index is 480. The molecular weight excluding hydrogens is 258 g/mol. The minimum absolute atomic E-state index is 0.345. The largest absolute Gasteiger partial charge is 0.387 e. The highest BCUT2D eigenvalue weighted by Crippen LogP contribution is 2.46. The second-order valence-electron chi connectivity index (χ2n) is 7.37. The molecule has 1 aliphatic heterocycles. The van der Waals surface area contributed by atoms with Gasteiger partial charge in [-0.25, -0.2) is 0 Å². The van der Waals surface area contributed by atoms with Crippen LogP contribution in [0.25, 0.3) is 0 Å². The zero-order valence-corrected chi connectivity index (χ0v) is 13.6. The molecule has 1 saturated carbocycles. The third-order valence-electron chi connectivity index (χ3n) is 5.93. The van der Waals surface area contributed by atoms with Crippen molar-refractivity contribution >= 4 is 0 Å². The zero-order valence-electron chi connectivity index (χ0n) is 13.6. The van der Waals surface area contributed by atoms with Gasteiger partial charge in [-0.2, -0.15) is 0 Å². The number of aryl methyl sites for hydroxylation is 2. The van der Waals surface area contributed by atoms with Crippen LogP contribution in [0.15, 0.2) is 18.2 Å². The first kappa shape index (κ1) is 15.1. The molecule has 1 saturated heterocycles. The van der Waals surface area contributed by atoms with Gasteiger partial charge in [0.05, 0.1) is 6.10 Å². The van der Waals surface area contributed by atoms with Gasteiger partial charge in [0.25, 0.3) is 0 Å². The minimum Gasteiger partial charge on any atom is -0.387 e. The molecule has 0 amide bonds. The molecule has 1 aromatic carbocycles. The van der Waals surface area contributed by atoms with E-state index < -0.39 is 0 Å². The Hall–Kier alpha value is -0.860. The maximum Gasteiger partial charge on any atom is 0.0917 e. The van der Waals surface area contributed by atoms with Crippen LogP contribution in [0.4, 0.5) is 0 Å². The first-order chi connectivity index (χ1) is 10.1. The van der Waals surface area contributed by atoms with Gasteiger partial charge in [0.15, 0.2) is 0 Å². The van der Waals surface area contributed by atoms with Crippen molar-refractivity contribution in [1.29, 1.82) is 0 Å². The van der Waals surface area contributed by atoms with Crippen LogP contribution in [0.3, 0.4) is 0 Å². The number of aliphatic hydroxyl groups is 1. The van der Waals surface area contributed by atoms with Crippen molar-refractivity contribution in [3.05, 3.63) is 34.9 Å². The maximum absolute atomic E-state index is 10.5. The number of β-amino-alcohol motifs (C(OH)–C–C–N with tert-alkyl or cyclic N) is 1. The molecule has 21 heavy (non-hydrogen) atoms. The van der Waals surface area contributed by atoms with Crippen LogP contribution < -0.4 is 0 Å². The molecule has 1 heterocycles. The average Bonchev–Trinajstić information content (AvgIpc) is 2.93. The molecular formula is C19H29NO. The first-order valence-electron chi connectivity index (χ1n) is 8.56. The normalized spacial score (nSPS) is 23.6. The van der Waals surface area contributed by atoms with Gasteiger partial charge in [-0.15, -0.1) is 0 Å². The van der Waals surface area contributed by atoms with Gasteiger partial charge < -0.3 is 10.0 Å². The summed E-state index contributed by atoms with van der Waals surface area (Å²) in [6.07, 6.45) is 8.10. The summed E-state index contributed by atoms with van der Waals surface area (Å²) in [6, 6.07) is 6.34. The molecule has 0 bridgehead atoms. The summed E-state index contributed by atoms with van der Waals surface area (Å²) in [5.41, 5.74) is 4.31. The van der Waals surface area contributed by atoms with E-state index in [2.05, 4.69) is 36.9 Å². The van der Waals surface area contributed by atoms with E-state index in [1.54, 1.807) is 0 Å². The molecule has 0 aromatic heterocycles. The first-order valence-corrected chi connectivity index (χ1v) is 8.56. The van der Waals surface area contributed by atoms with E-state index in [1.165, 1.54) is 62.7 Å². The monoisotopic (exact) mass is 287 g/mol. The highest BCUT2D eigenvalue weighted by atomic mass is 16.3. The predicted molar refractivity (Wildman–Crippen MR) is 87.5 cm³/mol. The van der Waals surface area contributed by atoms with Gasteiger partial charge in [-0.05, 0) is 74.7 Å². The number of nitrogens with zero attached hydrogens (tertiary/aromatic N) is 1. The number of aliphatic hydroxyl groups excluding tert-OH is 1. The average molecular weight is 287 g/mol. The predicted octanol–water partition coefficient (Wildman–Crippen LogP) is 3.99. The molecule has 1 spiro atoms. The molecule has 1 aliphatic carbocycles. The molecule has 1 N–H and O–H groups in total. The number of piperidine rings is 1. The standard InChI is InChI=1S/C19H29NO/c1-15-5-6-17(13-16(15)2)18(21)14-20-11-9-19(10-12-20)7-3-4-8-19/h5-6,13,18,21H,3-4,7-12,14H2,1-2H3. The fourth-order valence-electron chi connectivity index (χ4n) is 4.16. The van der Waals surface area contributed by atoms with Crippen LogP contribution in [0, 0.1) is 19.3 Å². The molecule has 2 heteroatoms. The number of rotatable bonds is 3. The van der Waals surface area contributed by atoms with E-state index in [0.717, 1.165) is 12.1 Å². The molecule has 2 fully saturated rings. The Morgan fingerprint density at radius 2 is 1.71 bits per heavy atom. The summed E-state index contributed by atoms with van der Waals surface area (Å²) in [7, 11) is 0. The van der Waals surface area contributed by atoms with Crippen molar-refractivity contribution in [2.24, 2.45) is 5.41 Å². The summed E-state index contributed by atoms with van der Waals surface area (Å²) in [5, 5.41) is 10.5. The van der Waals surface area contributed by atoms with Gasteiger partial charge in [-0.1, -0.05) is 31.0 Å². The van der Waals surface area contributed by atoms with E-state index in [1.807, 2.05) is 0 Å². The van der Waals surface area contributed by atoms with Crippen molar-refractivity contribution in [3.8, 4) is 0 Å². The summed E-state index contributed by atoms with van der Waals surface area (Å²) in [6.45, 7) is 7.37. The number of likely N-dealkylation sites (tertiary alicyclic amines) is 1. The lowest BCUT2D eigenvalue weighted by Gasteiger charge is -2.40. The molecule has 2 aliphatic rings. The Labute approximate surface area is 129 Å². The Morgan fingerprint density at radius 3 is 2.33 bits per heavy atom. The highest BCUT2D eigenvalue weighted by molar-refractivity contribution is 5.31. The van der Waals surface area contributed by atoms with Crippen LogP contribution >= 0.6 is 0 Å². The molecule has 1 atom stereocenters. The Kier molecular flexibility index (Phi) is 4.37. The van der Waals surface area contributed by atoms with Crippen molar-refractivity contribution in [2.45, 2.75) is 58.5 Å². The summed E-state index contributed by atoms with van der Waals surface area (Å²) in [5.74, 6) is 0. The number of benzene rings is 1. The smallest absolute Gasteiger partial charge is 0.0917 e. The minimum atomic E-state index is -0.345. The summed E-state index contributed by atoms with van der Waals surface area (Å²) in [4.78, 5) is 2.46. The van der Waals surface area contributed by atoms with Crippen LogP contribution in [-0.4, -0.2) is 29.6 Å². The quantitative estimate of drug-likeness (QED) is 0.908. The number of hydrogen-bond acceptors (Lipinski definition) is 2. The van der Waals surface area contributed by atoms with Crippen molar-refractivity contribution in [3.63, 3.8) is 0 Å². The lowest BCUT2D eigenvalue weighted by Crippen LogP contribution is -2.40. The van der Waals surface area contributed by atoms with Gasteiger partial charge in [0, 0.05) is 6.54 Å². The van der Waals surface area contributed by atoms with E-state index in [9.17, 15) is 5.11 Å². The summed E-state index contributed by atoms with van der Waals surface area (Å²) < 4.78 is 0.